The molecule has 2 aromatic rings. The van der Waals surface area contributed by atoms with Crippen LogP contribution >= 0.6 is 11.3 Å². The molecule has 2 aromatic heterocycles. The summed E-state index contributed by atoms with van der Waals surface area (Å²) in [4.78, 5) is 21.8. The van der Waals surface area contributed by atoms with Gasteiger partial charge in [-0.05, 0) is 11.4 Å². The Morgan fingerprint density at radius 3 is 2.81 bits per heavy atom. The molecule has 0 aliphatic carbocycles. The molecule has 3 heterocycles. The van der Waals surface area contributed by atoms with E-state index in [1.807, 2.05) is 4.90 Å². The van der Waals surface area contributed by atoms with Crippen molar-refractivity contribution in [1.82, 2.24) is 24.6 Å². The Morgan fingerprint density at radius 2 is 2.14 bits per heavy atom. The molecule has 0 aromatic carbocycles. The average Bonchev–Trinajstić information content (AvgIpc) is 3.19. The number of hydrogen-bond acceptors (Lipinski definition) is 5. The number of rotatable bonds is 5. The highest BCUT2D eigenvalue weighted by Gasteiger charge is 2.21. The molecule has 1 amide bonds. The van der Waals surface area contributed by atoms with Crippen LogP contribution in [0.3, 0.4) is 0 Å². The summed E-state index contributed by atoms with van der Waals surface area (Å²) in [5, 5.41) is 6.13. The Balaban J connectivity index is 1.41. The largest absolute Gasteiger partial charge is 0.340 e. The maximum atomic E-state index is 12.2. The van der Waals surface area contributed by atoms with Gasteiger partial charge in [0.15, 0.2) is 0 Å². The molecule has 0 bridgehead atoms. The lowest BCUT2D eigenvalue weighted by Gasteiger charge is -2.34. The first-order valence-corrected chi connectivity index (χ1v) is 8.04. The van der Waals surface area contributed by atoms with Crippen LogP contribution in [0.15, 0.2) is 30.2 Å². The third-order valence-electron chi connectivity index (χ3n) is 3.71. The monoisotopic (exact) mass is 305 g/mol. The summed E-state index contributed by atoms with van der Waals surface area (Å²) in [5.41, 5.74) is 0. The highest BCUT2D eigenvalue weighted by molar-refractivity contribution is 7.09. The quantitative estimate of drug-likeness (QED) is 0.829. The Morgan fingerprint density at radius 1 is 1.29 bits per heavy atom. The van der Waals surface area contributed by atoms with E-state index in [1.54, 1.807) is 22.3 Å². The lowest BCUT2D eigenvalue weighted by molar-refractivity contribution is -0.133. The van der Waals surface area contributed by atoms with E-state index in [4.69, 9.17) is 0 Å². The van der Waals surface area contributed by atoms with Gasteiger partial charge in [-0.15, -0.1) is 11.3 Å². The highest BCUT2D eigenvalue weighted by Crippen LogP contribution is 2.13. The number of carbonyl (C=O) groups is 1. The predicted molar refractivity (Wildman–Crippen MR) is 80.8 cm³/mol. The van der Waals surface area contributed by atoms with Crippen LogP contribution in [0.2, 0.25) is 0 Å². The summed E-state index contributed by atoms with van der Waals surface area (Å²) in [6.07, 6.45) is 3.63. The van der Waals surface area contributed by atoms with E-state index in [-0.39, 0.29) is 5.91 Å². The summed E-state index contributed by atoms with van der Waals surface area (Å²) in [5.74, 6) is 0.210. The van der Waals surface area contributed by atoms with Crippen LogP contribution in [0.5, 0.6) is 0 Å². The number of aromatic nitrogens is 3. The Labute approximate surface area is 128 Å². The second-order valence-corrected chi connectivity index (χ2v) is 6.18. The number of thiophene rings is 1. The van der Waals surface area contributed by atoms with Gasteiger partial charge in [-0.25, -0.2) is 4.98 Å². The number of amides is 1. The predicted octanol–water partition coefficient (Wildman–Crippen LogP) is 1.07. The van der Waals surface area contributed by atoms with Gasteiger partial charge in [-0.3, -0.25) is 14.4 Å². The van der Waals surface area contributed by atoms with Gasteiger partial charge in [0, 0.05) is 44.0 Å². The zero-order valence-corrected chi connectivity index (χ0v) is 12.7. The zero-order chi connectivity index (χ0) is 14.5. The molecule has 1 saturated heterocycles. The maximum absolute atomic E-state index is 12.2. The molecule has 0 radical (unpaired) electrons. The van der Waals surface area contributed by atoms with Crippen LogP contribution in [0.4, 0.5) is 0 Å². The van der Waals surface area contributed by atoms with E-state index < -0.39 is 0 Å². The first kappa shape index (κ1) is 14.2. The number of piperazine rings is 1. The minimum atomic E-state index is 0.210. The molecule has 21 heavy (non-hydrogen) atoms. The Kier molecular flexibility index (Phi) is 4.62. The molecule has 1 aliphatic rings. The van der Waals surface area contributed by atoms with Gasteiger partial charge < -0.3 is 4.90 Å². The molecule has 6 nitrogen and oxygen atoms in total. The van der Waals surface area contributed by atoms with Crippen molar-refractivity contribution in [3.63, 3.8) is 0 Å². The molecule has 7 heteroatoms. The summed E-state index contributed by atoms with van der Waals surface area (Å²) in [7, 11) is 0. The third kappa shape index (κ3) is 3.89. The van der Waals surface area contributed by atoms with Crippen LogP contribution in [0, 0.1) is 0 Å². The first-order chi connectivity index (χ1) is 10.3. The summed E-state index contributed by atoms with van der Waals surface area (Å²) in [6.45, 7) is 5.15. The van der Waals surface area contributed by atoms with Crippen molar-refractivity contribution in [3.05, 3.63) is 35.0 Å². The number of nitrogens with zero attached hydrogens (tertiary/aromatic N) is 5. The summed E-state index contributed by atoms with van der Waals surface area (Å²) in [6, 6.07) is 4.25. The fraction of sp³-hybridized carbons (Fsp3) is 0.500. The van der Waals surface area contributed by atoms with Crippen LogP contribution < -0.4 is 0 Å². The average molecular weight is 305 g/mol. The van der Waals surface area contributed by atoms with Crippen LogP contribution in [0.25, 0.3) is 0 Å². The van der Waals surface area contributed by atoms with Crippen molar-refractivity contribution >= 4 is 17.2 Å². The van der Waals surface area contributed by atoms with Crippen molar-refractivity contribution in [2.24, 2.45) is 0 Å². The van der Waals surface area contributed by atoms with Crippen LogP contribution in [-0.2, 0) is 17.9 Å². The topological polar surface area (TPSA) is 54.3 Å². The molecule has 1 aliphatic heterocycles. The zero-order valence-electron chi connectivity index (χ0n) is 11.9. The smallest absolute Gasteiger partial charge is 0.224 e. The second kappa shape index (κ2) is 6.82. The lowest BCUT2D eigenvalue weighted by Crippen LogP contribution is -2.48. The van der Waals surface area contributed by atoms with Crippen molar-refractivity contribution in [2.75, 3.05) is 26.2 Å². The van der Waals surface area contributed by atoms with Gasteiger partial charge in [0.1, 0.15) is 12.7 Å². The molecule has 0 unspecified atom stereocenters. The fourth-order valence-electron chi connectivity index (χ4n) is 2.49. The molecule has 0 atom stereocenters. The SMILES string of the molecule is O=C(CCn1cncn1)N1CCN(Cc2cccs2)CC1. The van der Waals surface area contributed by atoms with Crippen molar-refractivity contribution in [1.29, 1.82) is 0 Å². The fourth-order valence-corrected chi connectivity index (χ4v) is 3.24. The molecule has 0 saturated carbocycles. The van der Waals surface area contributed by atoms with Gasteiger partial charge in [0.05, 0.1) is 6.54 Å². The van der Waals surface area contributed by atoms with Crippen LogP contribution in [-0.4, -0.2) is 56.7 Å². The van der Waals surface area contributed by atoms with E-state index in [0.29, 0.717) is 13.0 Å². The van der Waals surface area contributed by atoms with Gasteiger partial charge in [-0.2, -0.15) is 5.10 Å². The van der Waals surface area contributed by atoms with Crippen LogP contribution in [0.1, 0.15) is 11.3 Å². The Hall–Kier alpha value is -1.73. The minimum Gasteiger partial charge on any atom is -0.340 e. The lowest BCUT2D eigenvalue weighted by atomic mass is 10.2. The van der Waals surface area contributed by atoms with E-state index >= 15 is 0 Å². The second-order valence-electron chi connectivity index (χ2n) is 5.14. The maximum Gasteiger partial charge on any atom is 0.224 e. The van der Waals surface area contributed by atoms with Gasteiger partial charge in [0.25, 0.3) is 0 Å². The number of carbonyl (C=O) groups excluding carboxylic acids is 1. The number of hydrogen-bond donors (Lipinski definition) is 0. The molecule has 0 spiro atoms. The van der Waals surface area contributed by atoms with Crippen molar-refractivity contribution < 1.29 is 4.79 Å². The molecular formula is C14H19N5OS. The van der Waals surface area contributed by atoms with E-state index in [2.05, 4.69) is 32.5 Å². The molecular weight excluding hydrogens is 286 g/mol. The minimum absolute atomic E-state index is 0.210. The summed E-state index contributed by atoms with van der Waals surface area (Å²) >= 11 is 1.79. The normalized spacial score (nSPS) is 16.3. The molecule has 112 valence electrons. The van der Waals surface area contributed by atoms with Crippen molar-refractivity contribution in [3.8, 4) is 0 Å². The van der Waals surface area contributed by atoms with Gasteiger partial charge >= 0.3 is 0 Å². The molecule has 3 rings (SSSR count). The number of aryl methyl sites for hydroxylation is 1. The van der Waals surface area contributed by atoms with Gasteiger partial charge in [-0.1, -0.05) is 6.07 Å². The van der Waals surface area contributed by atoms with Gasteiger partial charge in [0.2, 0.25) is 5.91 Å². The van der Waals surface area contributed by atoms with E-state index in [1.165, 1.54) is 11.2 Å². The Bertz CT molecular complexity index is 546. The first-order valence-electron chi connectivity index (χ1n) is 7.16. The standard InChI is InChI=1S/C14H19N5OS/c20-14(3-4-19-12-15-11-16-19)18-7-5-17(6-8-18)10-13-2-1-9-21-13/h1-2,9,11-12H,3-8,10H2. The summed E-state index contributed by atoms with van der Waals surface area (Å²) < 4.78 is 1.70. The highest BCUT2D eigenvalue weighted by atomic mass is 32.1. The molecule has 1 fully saturated rings. The molecule has 0 N–H and O–H groups in total. The third-order valence-corrected chi connectivity index (χ3v) is 4.57. The van der Waals surface area contributed by atoms with E-state index in [9.17, 15) is 4.79 Å². The van der Waals surface area contributed by atoms with Crippen molar-refractivity contribution in [2.45, 2.75) is 19.5 Å². The van der Waals surface area contributed by atoms with E-state index in [0.717, 1.165) is 32.7 Å².